The molecule has 0 bridgehead atoms. The first-order valence-electron chi connectivity index (χ1n) is 5.13. The number of hydrogen-bond donors (Lipinski definition) is 3. The lowest BCUT2D eigenvalue weighted by Gasteiger charge is -2.15. The number of phenolic OH excluding ortho intramolecular Hbond substituents is 1. The topological polar surface area (TPSA) is 69.7 Å². The summed E-state index contributed by atoms with van der Waals surface area (Å²) in [6.07, 6.45) is 0.646. The van der Waals surface area contributed by atoms with Crippen molar-refractivity contribution >= 4 is 5.69 Å². The van der Waals surface area contributed by atoms with Gasteiger partial charge in [-0.3, -0.25) is 4.90 Å². The van der Waals surface area contributed by atoms with Gasteiger partial charge in [0.1, 0.15) is 5.75 Å². The lowest BCUT2D eigenvalue weighted by molar-refractivity contribution is 0.175. The number of likely N-dealkylation sites (tertiary alicyclic amines) is 1. The molecule has 1 heterocycles. The van der Waals surface area contributed by atoms with Gasteiger partial charge in [0.05, 0.1) is 11.8 Å². The van der Waals surface area contributed by atoms with Crippen LogP contribution in [0.5, 0.6) is 5.75 Å². The normalized spacial score (nSPS) is 22.1. The molecule has 2 rings (SSSR count). The van der Waals surface area contributed by atoms with Crippen LogP contribution in [0.25, 0.3) is 0 Å². The van der Waals surface area contributed by atoms with Crippen LogP contribution < -0.4 is 5.73 Å². The molecule has 4 nitrogen and oxygen atoms in total. The molecule has 1 fully saturated rings. The largest absolute Gasteiger partial charge is 0.506 e. The van der Waals surface area contributed by atoms with E-state index in [1.165, 1.54) is 0 Å². The Morgan fingerprint density at radius 2 is 2.27 bits per heavy atom. The van der Waals surface area contributed by atoms with E-state index in [-0.39, 0.29) is 11.9 Å². The van der Waals surface area contributed by atoms with Crippen LogP contribution in [0.1, 0.15) is 12.0 Å². The second-order valence-corrected chi connectivity index (χ2v) is 4.07. The molecule has 4 N–H and O–H groups in total. The summed E-state index contributed by atoms with van der Waals surface area (Å²) in [6, 6.07) is 5.24. The third kappa shape index (κ3) is 2.40. The number of rotatable bonds is 2. The summed E-state index contributed by atoms with van der Waals surface area (Å²) in [5.74, 6) is 0.125. The molecule has 1 saturated heterocycles. The summed E-state index contributed by atoms with van der Waals surface area (Å²) in [4.78, 5) is 2.18. The maximum Gasteiger partial charge on any atom is 0.138 e. The van der Waals surface area contributed by atoms with E-state index in [0.29, 0.717) is 5.69 Å². The van der Waals surface area contributed by atoms with Crippen molar-refractivity contribution in [3.8, 4) is 5.75 Å². The maximum absolute atomic E-state index is 9.37. The summed E-state index contributed by atoms with van der Waals surface area (Å²) in [5.41, 5.74) is 7.08. The van der Waals surface area contributed by atoms with Gasteiger partial charge < -0.3 is 15.9 Å². The summed E-state index contributed by atoms with van der Waals surface area (Å²) in [7, 11) is 0. The fraction of sp³-hybridized carbons (Fsp3) is 0.455. The zero-order chi connectivity index (χ0) is 10.8. The fourth-order valence-corrected chi connectivity index (χ4v) is 1.92. The Bertz CT molecular complexity index is 354. The van der Waals surface area contributed by atoms with Crippen LogP contribution in [0, 0.1) is 0 Å². The molecule has 0 saturated carbocycles. The van der Waals surface area contributed by atoms with E-state index in [4.69, 9.17) is 5.73 Å². The van der Waals surface area contributed by atoms with Crippen molar-refractivity contribution in [2.24, 2.45) is 0 Å². The number of aliphatic hydroxyl groups excluding tert-OH is 1. The number of β-amino-alcohol motifs (C(OH)–C–C–N with tert-alkyl or cyclic N) is 1. The number of nitrogens with zero attached hydrogens (tertiary/aromatic N) is 1. The van der Waals surface area contributed by atoms with E-state index in [2.05, 4.69) is 4.90 Å². The average Bonchev–Trinajstić information content (AvgIpc) is 2.58. The highest BCUT2D eigenvalue weighted by molar-refractivity contribution is 5.53. The van der Waals surface area contributed by atoms with Crippen molar-refractivity contribution in [3.63, 3.8) is 0 Å². The third-order valence-electron chi connectivity index (χ3n) is 2.75. The Kier molecular flexibility index (Phi) is 2.79. The van der Waals surface area contributed by atoms with Gasteiger partial charge in [0.2, 0.25) is 0 Å². The summed E-state index contributed by atoms with van der Waals surface area (Å²) >= 11 is 0. The summed E-state index contributed by atoms with van der Waals surface area (Å²) < 4.78 is 0. The molecule has 0 radical (unpaired) electrons. The lowest BCUT2D eigenvalue weighted by atomic mass is 10.2. The highest BCUT2D eigenvalue weighted by Crippen LogP contribution is 2.22. The molecule has 0 aromatic heterocycles. The molecule has 0 aliphatic carbocycles. The van der Waals surface area contributed by atoms with Crippen molar-refractivity contribution in [3.05, 3.63) is 23.8 Å². The van der Waals surface area contributed by atoms with Gasteiger partial charge >= 0.3 is 0 Å². The van der Waals surface area contributed by atoms with Gasteiger partial charge in [-0.15, -0.1) is 0 Å². The number of benzene rings is 1. The molecule has 1 unspecified atom stereocenters. The van der Waals surface area contributed by atoms with Crippen LogP contribution in [0.4, 0.5) is 5.69 Å². The molecule has 1 atom stereocenters. The third-order valence-corrected chi connectivity index (χ3v) is 2.75. The van der Waals surface area contributed by atoms with Crippen LogP contribution in [-0.4, -0.2) is 34.3 Å². The van der Waals surface area contributed by atoms with Gasteiger partial charge in [0, 0.05) is 19.6 Å². The number of anilines is 1. The molecule has 82 valence electrons. The molecule has 4 heteroatoms. The molecule has 1 aliphatic heterocycles. The number of aliphatic hydroxyl groups is 1. The minimum absolute atomic E-state index is 0.125. The Balaban J connectivity index is 2.02. The Hall–Kier alpha value is -1.26. The Morgan fingerprint density at radius 1 is 1.47 bits per heavy atom. The lowest BCUT2D eigenvalue weighted by Crippen LogP contribution is -2.21. The van der Waals surface area contributed by atoms with E-state index in [0.717, 1.165) is 31.6 Å². The zero-order valence-electron chi connectivity index (χ0n) is 8.56. The highest BCUT2D eigenvalue weighted by Gasteiger charge is 2.19. The van der Waals surface area contributed by atoms with Crippen molar-refractivity contribution in [2.45, 2.75) is 19.1 Å². The van der Waals surface area contributed by atoms with Crippen molar-refractivity contribution in [2.75, 3.05) is 18.8 Å². The number of aromatic hydroxyl groups is 1. The first-order chi connectivity index (χ1) is 7.15. The smallest absolute Gasteiger partial charge is 0.138 e. The van der Waals surface area contributed by atoms with E-state index >= 15 is 0 Å². The minimum Gasteiger partial charge on any atom is -0.506 e. The highest BCUT2D eigenvalue weighted by atomic mass is 16.3. The Labute approximate surface area is 88.9 Å². The quantitative estimate of drug-likeness (QED) is 0.490. The van der Waals surface area contributed by atoms with Crippen molar-refractivity contribution < 1.29 is 10.2 Å². The molecule has 0 spiro atoms. The minimum atomic E-state index is -0.195. The SMILES string of the molecule is Nc1cc(CN2CCC(O)C2)ccc1O. The van der Waals surface area contributed by atoms with Crippen LogP contribution >= 0.6 is 0 Å². The maximum atomic E-state index is 9.37. The predicted molar refractivity (Wildman–Crippen MR) is 58.4 cm³/mol. The van der Waals surface area contributed by atoms with Gasteiger partial charge in [-0.05, 0) is 24.1 Å². The number of nitrogens with two attached hydrogens (primary N) is 1. The Morgan fingerprint density at radius 3 is 2.87 bits per heavy atom. The first kappa shape index (κ1) is 10.3. The number of hydrogen-bond acceptors (Lipinski definition) is 4. The van der Waals surface area contributed by atoms with Gasteiger partial charge in [0.25, 0.3) is 0 Å². The molecule has 1 aromatic rings. The number of phenols is 1. The van der Waals surface area contributed by atoms with Gasteiger partial charge in [-0.1, -0.05) is 6.07 Å². The second kappa shape index (κ2) is 4.08. The van der Waals surface area contributed by atoms with E-state index in [1.54, 1.807) is 12.1 Å². The molecule has 0 amide bonds. The predicted octanol–water partition coefficient (Wildman–Crippen LogP) is 0.541. The molecule has 15 heavy (non-hydrogen) atoms. The summed E-state index contributed by atoms with van der Waals surface area (Å²) in [6.45, 7) is 2.42. The van der Waals surface area contributed by atoms with Crippen LogP contribution in [0.2, 0.25) is 0 Å². The van der Waals surface area contributed by atoms with E-state index in [1.807, 2.05) is 6.07 Å². The van der Waals surface area contributed by atoms with Gasteiger partial charge in [0.15, 0.2) is 0 Å². The second-order valence-electron chi connectivity index (χ2n) is 4.07. The molecule has 1 aromatic carbocycles. The van der Waals surface area contributed by atoms with E-state index < -0.39 is 0 Å². The molecule has 1 aliphatic rings. The first-order valence-corrected chi connectivity index (χ1v) is 5.13. The van der Waals surface area contributed by atoms with E-state index in [9.17, 15) is 10.2 Å². The molecular weight excluding hydrogens is 192 g/mol. The monoisotopic (exact) mass is 208 g/mol. The van der Waals surface area contributed by atoms with Crippen LogP contribution in [0.3, 0.4) is 0 Å². The standard InChI is InChI=1S/C11H16N2O2/c12-10-5-8(1-2-11(10)15)6-13-4-3-9(14)7-13/h1-2,5,9,14-15H,3-4,6-7,12H2. The van der Waals surface area contributed by atoms with Crippen molar-refractivity contribution in [1.29, 1.82) is 0 Å². The average molecular weight is 208 g/mol. The number of nitrogen functional groups attached to an aromatic ring is 1. The molecular formula is C11H16N2O2. The van der Waals surface area contributed by atoms with Gasteiger partial charge in [-0.25, -0.2) is 0 Å². The fourth-order valence-electron chi connectivity index (χ4n) is 1.92. The van der Waals surface area contributed by atoms with Crippen molar-refractivity contribution in [1.82, 2.24) is 4.90 Å². The zero-order valence-corrected chi connectivity index (χ0v) is 8.56. The van der Waals surface area contributed by atoms with Crippen LogP contribution in [-0.2, 0) is 6.54 Å². The summed E-state index contributed by atoms with van der Waals surface area (Å²) in [5, 5.41) is 18.6. The van der Waals surface area contributed by atoms with Gasteiger partial charge in [-0.2, -0.15) is 0 Å². The van der Waals surface area contributed by atoms with Crippen LogP contribution in [0.15, 0.2) is 18.2 Å².